The van der Waals surface area contributed by atoms with Crippen LogP contribution < -0.4 is 33.2 Å². The largest absolute Gasteiger partial charge is 0.480 e. The van der Waals surface area contributed by atoms with Crippen LogP contribution in [-0.4, -0.2) is 92.9 Å². The minimum absolute atomic E-state index is 0.0626. The van der Waals surface area contributed by atoms with Crippen LogP contribution in [0.2, 0.25) is 0 Å². The van der Waals surface area contributed by atoms with Crippen LogP contribution in [0.15, 0.2) is 17.5 Å². The highest BCUT2D eigenvalue weighted by atomic mass is 32.1. The highest BCUT2D eigenvalue weighted by Gasteiger charge is 2.30. The number of carboxylic acids is 1. The maximum atomic E-state index is 12.8. The number of aliphatic imine (C=N–C) groups is 1. The number of thiol groups is 1. The van der Waals surface area contributed by atoms with Crippen molar-refractivity contribution in [1.82, 2.24) is 25.9 Å². The predicted molar refractivity (Wildman–Crippen MR) is 125 cm³/mol. The minimum Gasteiger partial charge on any atom is -0.480 e. The van der Waals surface area contributed by atoms with Crippen LogP contribution >= 0.6 is 12.6 Å². The fourth-order valence-electron chi connectivity index (χ4n) is 2.68. The molecule has 0 radical (unpaired) electrons. The van der Waals surface area contributed by atoms with Gasteiger partial charge in [-0.05, 0) is 12.8 Å². The van der Waals surface area contributed by atoms with Crippen molar-refractivity contribution in [2.75, 3.05) is 18.9 Å². The van der Waals surface area contributed by atoms with Crippen molar-refractivity contribution in [1.29, 1.82) is 0 Å². The fraction of sp³-hybridized carbons (Fsp3) is 0.556. The summed E-state index contributed by atoms with van der Waals surface area (Å²) < 4.78 is 0. The number of hydrogen-bond donors (Lipinski definition) is 10. The normalized spacial score (nSPS) is 14.2. The number of guanidine groups is 1. The van der Waals surface area contributed by atoms with Crippen molar-refractivity contribution in [3.05, 3.63) is 18.2 Å². The van der Waals surface area contributed by atoms with Crippen LogP contribution in [0.3, 0.4) is 0 Å². The number of rotatable bonds is 15. The number of carbonyl (C=O) groups is 4. The SMILES string of the molecule is NC(N)=NCCCC(N)C(=O)NC(CS)C(=O)NC(Cc1cnc[nH]1)C(=O)NC(CO)C(=O)O. The molecule has 1 rings (SSSR count). The first-order chi connectivity index (χ1) is 16.1. The Bertz CT molecular complexity index is 847. The van der Waals surface area contributed by atoms with Crippen LogP contribution in [0.4, 0.5) is 0 Å². The van der Waals surface area contributed by atoms with Gasteiger partial charge in [0, 0.05) is 30.6 Å². The predicted octanol–water partition coefficient (Wildman–Crippen LogP) is -4.21. The molecule has 16 heteroatoms. The number of aromatic nitrogens is 2. The van der Waals surface area contributed by atoms with E-state index in [1.165, 1.54) is 12.5 Å². The molecule has 0 aliphatic carbocycles. The number of H-pyrrole nitrogens is 1. The van der Waals surface area contributed by atoms with Gasteiger partial charge in [-0.2, -0.15) is 12.6 Å². The molecule has 15 nitrogen and oxygen atoms in total. The van der Waals surface area contributed by atoms with E-state index in [-0.39, 0.29) is 31.1 Å². The minimum atomic E-state index is -1.56. The molecule has 0 saturated heterocycles. The highest BCUT2D eigenvalue weighted by Crippen LogP contribution is 2.03. The second-order valence-electron chi connectivity index (χ2n) is 7.22. The lowest BCUT2D eigenvalue weighted by Crippen LogP contribution is -2.58. The number of nitrogens with zero attached hydrogens (tertiary/aromatic N) is 2. The van der Waals surface area contributed by atoms with E-state index in [1.54, 1.807) is 0 Å². The quantitative estimate of drug-likeness (QED) is 0.0479. The van der Waals surface area contributed by atoms with E-state index in [4.69, 9.17) is 27.4 Å². The van der Waals surface area contributed by atoms with Gasteiger partial charge in [0.25, 0.3) is 0 Å². The fourth-order valence-corrected chi connectivity index (χ4v) is 2.94. The van der Waals surface area contributed by atoms with Crippen LogP contribution in [0, 0.1) is 0 Å². The van der Waals surface area contributed by atoms with Crippen molar-refractivity contribution < 1.29 is 29.4 Å². The highest BCUT2D eigenvalue weighted by molar-refractivity contribution is 7.80. The summed E-state index contributed by atoms with van der Waals surface area (Å²) >= 11 is 4.08. The van der Waals surface area contributed by atoms with E-state index >= 15 is 0 Å². The molecule has 3 amide bonds. The van der Waals surface area contributed by atoms with Gasteiger partial charge < -0.3 is 48.3 Å². The Morgan fingerprint density at radius 1 is 1.09 bits per heavy atom. The molecule has 0 bridgehead atoms. The van der Waals surface area contributed by atoms with Gasteiger partial charge in [0.1, 0.15) is 18.1 Å². The molecule has 0 aliphatic heterocycles. The molecule has 4 atom stereocenters. The molecule has 190 valence electrons. The zero-order chi connectivity index (χ0) is 25.7. The number of aliphatic carboxylic acids is 1. The van der Waals surface area contributed by atoms with Gasteiger partial charge in [0.15, 0.2) is 5.96 Å². The maximum Gasteiger partial charge on any atom is 0.328 e. The number of imidazole rings is 1. The van der Waals surface area contributed by atoms with Crippen molar-refractivity contribution >= 4 is 42.3 Å². The van der Waals surface area contributed by atoms with E-state index in [2.05, 4.69) is 43.5 Å². The van der Waals surface area contributed by atoms with Gasteiger partial charge in [0.2, 0.25) is 17.7 Å². The first-order valence-electron chi connectivity index (χ1n) is 10.2. The van der Waals surface area contributed by atoms with Crippen molar-refractivity contribution in [2.24, 2.45) is 22.2 Å². The molecule has 4 unspecified atom stereocenters. The van der Waals surface area contributed by atoms with E-state index in [1.807, 2.05) is 0 Å². The Labute approximate surface area is 200 Å². The lowest BCUT2D eigenvalue weighted by molar-refractivity contribution is -0.143. The Kier molecular flexibility index (Phi) is 12.4. The number of aliphatic hydroxyl groups excluding tert-OH is 1. The van der Waals surface area contributed by atoms with Crippen LogP contribution in [0.5, 0.6) is 0 Å². The van der Waals surface area contributed by atoms with Crippen molar-refractivity contribution in [3.8, 4) is 0 Å². The monoisotopic (exact) mass is 501 g/mol. The topological polar surface area (TPSA) is 264 Å². The number of aliphatic hydroxyl groups is 1. The summed E-state index contributed by atoms with van der Waals surface area (Å²) in [6, 6.07) is -4.88. The molecule has 0 fully saturated rings. The molecule has 0 saturated carbocycles. The Balaban J connectivity index is 2.81. The Hall–Kier alpha value is -3.37. The zero-order valence-corrected chi connectivity index (χ0v) is 19.2. The van der Waals surface area contributed by atoms with E-state index in [0.717, 1.165) is 0 Å². The average molecular weight is 502 g/mol. The summed E-state index contributed by atoms with van der Waals surface area (Å²) in [5.41, 5.74) is 16.8. The molecule has 1 aromatic rings. The third-order valence-corrected chi connectivity index (χ3v) is 4.89. The van der Waals surface area contributed by atoms with Gasteiger partial charge in [-0.1, -0.05) is 0 Å². The number of carbonyl (C=O) groups excluding carboxylic acids is 3. The summed E-state index contributed by atoms with van der Waals surface area (Å²) in [6.07, 6.45) is 3.42. The molecule has 1 heterocycles. The zero-order valence-electron chi connectivity index (χ0n) is 18.3. The third kappa shape index (κ3) is 10.1. The summed E-state index contributed by atoms with van der Waals surface area (Å²) in [5.74, 6) is -3.84. The Morgan fingerprint density at radius 3 is 2.24 bits per heavy atom. The summed E-state index contributed by atoms with van der Waals surface area (Å²) in [5, 5.41) is 25.3. The molecule has 0 spiro atoms. The Morgan fingerprint density at radius 2 is 1.71 bits per heavy atom. The molecule has 34 heavy (non-hydrogen) atoms. The summed E-state index contributed by atoms with van der Waals surface area (Å²) in [7, 11) is 0. The van der Waals surface area contributed by atoms with Gasteiger partial charge in [0.05, 0.1) is 19.0 Å². The third-order valence-electron chi connectivity index (χ3n) is 4.53. The molecule has 0 aliphatic rings. The number of nitrogens with two attached hydrogens (primary N) is 3. The number of hydrogen-bond acceptors (Lipinski definition) is 9. The van der Waals surface area contributed by atoms with Crippen LogP contribution in [-0.2, 0) is 25.6 Å². The first kappa shape index (κ1) is 28.7. The standard InChI is InChI=1S/C18H31N9O6S/c19-10(2-1-3-23-18(20)21)14(29)27-13(7-34)16(31)25-11(4-9-5-22-8-24-9)15(30)26-12(6-28)17(32)33/h5,8,10-13,28,34H,1-4,6-7,19H2,(H,22,24)(H,25,31)(H,26,30)(H,27,29)(H,32,33)(H4,20,21,23). The van der Waals surface area contributed by atoms with Gasteiger partial charge in [-0.3, -0.25) is 19.4 Å². The lowest BCUT2D eigenvalue weighted by Gasteiger charge is -2.24. The smallest absolute Gasteiger partial charge is 0.328 e. The molecule has 12 N–H and O–H groups in total. The molecular weight excluding hydrogens is 470 g/mol. The summed E-state index contributed by atoms with van der Waals surface area (Å²) in [6.45, 7) is -0.558. The second kappa shape index (κ2) is 14.7. The van der Waals surface area contributed by atoms with Crippen LogP contribution in [0.1, 0.15) is 18.5 Å². The maximum absolute atomic E-state index is 12.8. The number of aromatic amines is 1. The molecule has 0 aromatic carbocycles. The average Bonchev–Trinajstić information content (AvgIpc) is 3.30. The first-order valence-corrected chi connectivity index (χ1v) is 10.9. The van der Waals surface area contributed by atoms with Gasteiger partial charge in [-0.25, -0.2) is 9.78 Å². The number of nitrogens with one attached hydrogen (secondary N) is 4. The number of amides is 3. The number of carboxylic acid groups (broad SMARTS) is 1. The second-order valence-corrected chi connectivity index (χ2v) is 7.59. The van der Waals surface area contributed by atoms with Gasteiger partial charge >= 0.3 is 5.97 Å². The van der Waals surface area contributed by atoms with Crippen molar-refractivity contribution in [2.45, 2.75) is 43.4 Å². The van der Waals surface area contributed by atoms with E-state index < -0.39 is 54.5 Å². The lowest BCUT2D eigenvalue weighted by atomic mass is 10.1. The van der Waals surface area contributed by atoms with Crippen LogP contribution in [0.25, 0.3) is 0 Å². The van der Waals surface area contributed by atoms with E-state index in [9.17, 15) is 19.2 Å². The van der Waals surface area contributed by atoms with Gasteiger partial charge in [-0.15, -0.1) is 0 Å². The molecular formula is C18H31N9O6S. The summed E-state index contributed by atoms with van der Waals surface area (Å²) in [4.78, 5) is 59.3. The van der Waals surface area contributed by atoms with E-state index in [0.29, 0.717) is 12.1 Å². The van der Waals surface area contributed by atoms with Crippen molar-refractivity contribution in [3.63, 3.8) is 0 Å². The molecule has 1 aromatic heterocycles.